The second-order valence-electron chi connectivity index (χ2n) is 4.23. The summed E-state index contributed by atoms with van der Waals surface area (Å²) in [6.07, 6.45) is 4.89. The second kappa shape index (κ2) is 3.76. The minimum atomic E-state index is -0.432. The lowest BCUT2D eigenvalue weighted by Gasteiger charge is -2.05. The number of hydrogen-bond donors (Lipinski definition) is 1. The van der Waals surface area contributed by atoms with Crippen molar-refractivity contribution in [3.05, 3.63) is 22.0 Å². The Hall–Kier alpha value is -2.05. The number of nitrogens with one attached hydrogen (secondary N) is 1. The van der Waals surface area contributed by atoms with Crippen LogP contribution in [-0.4, -0.2) is 31.1 Å². The van der Waals surface area contributed by atoms with Crippen molar-refractivity contribution < 1.29 is 4.79 Å². The zero-order valence-electron chi connectivity index (χ0n) is 9.09. The Labute approximate surface area is 95.9 Å². The molecule has 1 aliphatic carbocycles. The lowest BCUT2D eigenvalue weighted by Crippen LogP contribution is -2.17. The first kappa shape index (κ1) is 10.1. The lowest BCUT2D eigenvalue weighted by molar-refractivity contribution is 0.111. The van der Waals surface area contributed by atoms with Gasteiger partial charge >= 0.3 is 0 Å². The first-order chi connectivity index (χ1) is 8.29. The third-order valence-corrected chi connectivity index (χ3v) is 3.15. The predicted molar refractivity (Wildman–Crippen MR) is 58.0 cm³/mol. The zero-order chi connectivity index (χ0) is 11.8. The summed E-state index contributed by atoms with van der Waals surface area (Å²) in [5.74, 6) is 0.979. The molecule has 0 atom stereocenters. The van der Waals surface area contributed by atoms with Crippen molar-refractivity contribution in [1.82, 2.24) is 24.8 Å². The van der Waals surface area contributed by atoms with E-state index in [1.54, 1.807) is 0 Å². The molecule has 1 saturated carbocycles. The van der Waals surface area contributed by atoms with Crippen LogP contribution in [-0.2, 0) is 0 Å². The van der Waals surface area contributed by atoms with E-state index in [-0.39, 0.29) is 11.5 Å². The van der Waals surface area contributed by atoms with Crippen LogP contribution in [0.1, 0.15) is 48.0 Å². The molecule has 1 fully saturated rings. The molecule has 0 spiro atoms. The molecule has 88 valence electrons. The quantitative estimate of drug-likeness (QED) is 0.752. The standard InChI is InChI=1S/C10H11N5O2/c16-5-7-11-10(17)9-13-12-8(15(9)14-7)6-3-1-2-4-6/h5-6H,1-4H2,(H,11,14,17). The molecule has 1 N–H and O–H groups in total. The molecule has 2 aromatic heterocycles. The fraction of sp³-hybridized carbons (Fsp3) is 0.500. The third-order valence-electron chi connectivity index (χ3n) is 3.15. The minimum Gasteiger partial charge on any atom is -0.300 e. The summed E-state index contributed by atoms with van der Waals surface area (Å²) in [7, 11) is 0. The van der Waals surface area contributed by atoms with E-state index in [1.165, 1.54) is 4.52 Å². The minimum absolute atomic E-state index is 0.00143. The van der Waals surface area contributed by atoms with E-state index in [2.05, 4.69) is 20.3 Å². The van der Waals surface area contributed by atoms with Crippen molar-refractivity contribution in [2.75, 3.05) is 0 Å². The summed E-state index contributed by atoms with van der Waals surface area (Å²) in [6.45, 7) is 0. The van der Waals surface area contributed by atoms with Gasteiger partial charge in [-0.1, -0.05) is 12.8 Å². The number of aromatic amines is 1. The summed E-state index contributed by atoms with van der Waals surface area (Å²) in [5.41, 5.74) is -0.281. The van der Waals surface area contributed by atoms with E-state index < -0.39 is 5.56 Å². The van der Waals surface area contributed by atoms with Gasteiger partial charge in [-0.3, -0.25) is 14.6 Å². The largest absolute Gasteiger partial charge is 0.300 e. The van der Waals surface area contributed by atoms with Gasteiger partial charge in [-0.25, -0.2) is 0 Å². The fourth-order valence-electron chi connectivity index (χ4n) is 2.33. The van der Waals surface area contributed by atoms with E-state index in [0.29, 0.717) is 18.0 Å². The number of carbonyl (C=O) groups excluding carboxylic acids is 1. The average molecular weight is 233 g/mol. The van der Waals surface area contributed by atoms with Gasteiger partial charge in [0.15, 0.2) is 17.9 Å². The molecule has 0 unspecified atom stereocenters. The van der Waals surface area contributed by atoms with E-state index in [4.69, 9.17) is 0 Å². The van der Waals surface area contributed by atoms with Crippen LogP contribution >= 0.6 is 0 Å². The van der Waals surface area contributed by atoms with Crippen LogP contribution in [0.5, 0.6) is 0 Å². The summed E-state index contributed by atoms with van der Waals surface area (Å²) in [6, 6.07) is 0. The van der Waals surface area contributed by atoms with Crippen LogP contribution in [0, 0.1) is 0 Å². The molecule has 2 aromatic rings. The number of aldehydes is 1. The molecule has 7 nitrogen and oxygen atoms in total. The SMILES string of the molecule is O=Cc1nn2c(C3CCCC3)nnc2c(=O)[nH]1. The normalized spacial score (nSPS) is 16.7. The number of H-pyrrole nitrogens is 1. The van der Waals surface area contributed by atoms with Gasteiger partial charge in [-0.2, -0.15) is 4.52 Å². The van der Waals surface area contributed by atoms with E-state index in [0.717, 1.165) is 25.7 Å². The van der Waals surface area contributed by atoms with Crippen molar-refractivity contribution in [2.24, 2.45) is 0 Å². The summed E-state index contributed by atoms with van der Waals surface area (Å²) < 4.78 is 1.40. The van der Waals surface area contributed by atoms with Gasteiger partial charge in [0.2, 0.25) is 5.65 Å². The third kappa shape index (κ3) is 1.54. The maximum absolute atomic E-state index is 11.6. The Morgan fingerprint density at radius 1 is 1.29 bits per heavy atom. The molecule has 0 amide bonds. The number of aromatic nitrogens is 5. The molecule has 0 bridgehead atoms. The van der Waals surface area contributed by atoms with Crippen molar-refractivity contribution in [3.8, 4) is 0 Å². The Morgan fingerprint density at radius 3 is 2.76 bits per heavy atom. The first-order valence-electron chi connectivity index (χ1n) is 5.60. The van der Waals surface area contributed by atoms with Crippen LogP contribution in [0.3, 0.4) is 0 Å². The van der Waals surface area contributed by atoms with Gasteiger partial charge < -0.3 is 0 Å². The number of hydrogen-bond acceptors (Lipinski definition) is 5. The van der Waals surface area contributed by atoms with Gasteiger partial charge in [0.25, 0.3) is 5.56 Å². The number of rotatable bonds is 2. The van der Waals surface area contributed by atoms with Gasteiger partial charge in [0.1, 0.15) is 0 Å². The van der Waals surface area contributed by atoms with Crippen molar-refractivity contribution in [3.63, 3.8) is 0 Å². The molecule has 2 heterocycles. The summed E-state index contributed by atoms with van der Waals surface area (Å²) in [5, 5.41) is 11.9. The Bertz CT molecular complexity index is 623. The topological polar surface area (TPSA) is 93.0 Å². The predicted octanol–water partition coefficient (Wildman–Crippen LogP) is 0.283. The molecular weight excluding hydrogens is 222 g/mol. The lowest BCUT2D eigenvalue weighted by atomic mass is 10.1. The number of carbonyl (C=O) groups is 1. The van der Waals surface area contributed by atoms with Crippen LogP contribution < -0.4 is 5.56 Å². The Morgan fingerprint density at radius 2 is 2.06 bits per heavy atom. The van der Waals surface area contributed by atoms with E-state index in [1.807, 2.05) is 0 Å². The van der Waals surface area contributed by atoms with Crippen molar-refractivity contribution in [1.29, 1.82) is 0 Å². The highest BCUT2D eigenvalue weighted by molar-refractivity contribution is 5.68. The van der Waals surface area contributed by atoms with Crippen LogP contribution in [0.4, 0.5) is 0 Å². The van der Waals surface area contributed by atoms with Crippen LogP contribution in [0.2, 0.25) is 0 Å². The highest BCUT2D eigenvalue weighted by Gasteiger charge is 2.23. The fourth-order valence-corrected chi connectivity index (χ4v) is 2.33. The zero-order valence-corrected chi connectivity index (χ0v) is 9.09. The van der Waals surface area contributed by atoms with Crippen LogP contribution in [0.25, 0.3) is 5.65 Å². The number of fused-ring (bicyclic) bond motifs is 1. The van der Waals surface area contributed by atoms with Gasteiger partial charge in [-0.15, -0.1) is 15.3 Å². The maximum atomic E-state index is 11.6. The van der Waals surface area contributed by atoms with E-state index in [9.17, 15) is 9.59 Å². The Balaban J connectivity index is 2.22. The monoisotopic (exact) mass is 233 g/mol. The first-order valence-corrected chi connectivity index (χ1v) is 5.60. The molecule has 3 rings (SSSR count). The Kier molecular flexibility index (Phi) is 2.24. The maximum Gasteiger partial charge on any atom is 0.296 e. The molecule has 0 aliphatic heterocycles. The van der Waals surface area contributed by atoms with Gasteiger partial charge in [0.05, 0.1) is 0 Å². The molecule has 1 aliphatic rings. The summed E-state index contributed by atoms with van der Waals surface area (Å²) >= 11 is 0. The average Bonchev–Trinajstić information content (AvgIpc) is 2.96. The number of nitrogens with zero attached hydrogens (tertiary/aromatic N) is 4. The van der Waals surface area contributed by atoms with Crippen molar-refractivity contribution in [2.45, 2.75) is 31.6 Å². The van der Waals surface area contributed by atoms with Gasteiger partial charge in [0, 0.05) is 5.92 Å². The smallest absolute Gasteiger partial charge is 0.296 e. The van der Waals surface area contributed by atoms with Gasteiger partial charge in [-0.05, 0) is 12.8 Å². The molecular formula is C10H11N5O2. The molecule has 17 heavy (non-hydrogen) atoms. The van der Waals surface area contributed by atoms with E-state index >= 15 is 0 Å². The second-order valence-corrected chi connectivity index (χ2v) is 4.23. The molecule has 0 aromatic carbocycles. The van der Waals surface area contributed by atoms with Crippen LogP contribution in [0.15, 0.2) is 4.79 Å². The highest BCUT2D eigenvalue weighted by Crippen LogP contribution is 2.32. The summed E-state index contributed by atoms with van der Waals surface area (Å²) in [4.78, 5) is 24.6. The highest BCUT2D eigenvalue weighted by atomic mass is 16.1. The molecule has 0 radical (unpaired) electrons. The van der Waals surface area contributed by atoms with Crippen molar-refractivity contribution >= 4 is 11.9 Å². The molecule has 7 heteroatoms. The molecule has 0 saturated heterocycles.